The van der Waals surface area contributed by atoms with E-state index in [0.29, 0.717) is 34.7 Å². The number of ether oxygens (including phenoxy) is 2. The van der Waals surface area contributed by atoms with Crippen LogP contribution in [-0.4, -0.2) is 29.1 Å². The first-order chi connectivity index (χ1) is 16.5. The molecule has 34 heavy (non-hydrogen) atoms. The number of hydrogen-bond donors (Lipinski definition) is 1. The van der Waals surface area contributed by atoms with Crippen molar-refractivity contribution in [1.82, 2.24) is 14.9 Å². The Balaban J connectivity index is 1.44. The van der Waals surface area contributed by atoms with E-state index in [1.165, 1.54) is 7.11 Å². The summed E-state index contributed by atoms with van der Waals surface area (Å²) in [5, 5.41) is 2.80. The lowest BCUT2D eigenvalue weighted by Crippen LogP contribution is -2.28. The van der Waals surface area contributed by atoms with Crippen LogP contribution in [0.15, 0.2) is 72.8 Å². The largest absolute Gasteiger partial charge is 0.493 e. The number of fused-ring (bicyclic) bond motifs is 1. The molecular weight excluding hydrogens is 440 g/mol. The number of imidazole rings is 1. The number of aromatic nitrogens is 2. The van der Waals surface area contributed by atoms with Gasteiger partial charge in [-0.1, -0.05) is 49.4 Å². The molecule has 0 aliphatic heterocycles. The third-order valence-electron chi connectivity index (χ3n) is 5.49. The van der Waals surface area contributed by atoms with E-state index in [-0.39, 0.29) is 18.3 Å². The van der Waals surface area contributed by atoms with E-state index < -0.39 is 12.5 Å². The van der Waals surface area contributed by atoms with Crippen LogP contribution in [0.2, 0.25) is 0 Å². The van der Waals surface area contributed by atoms with Crippen LogP contribution in [0.3, 0.4) is 0 Å². The Morgan fingerprint density at radius 3 is 2.50 bits per heavy atom. The zero-order valence-electron chi connectivity index (χ0n) is 18.9. The molecule has 0 aliphatic rings. The van der Waals surface area contributed by atoms with Crippen LogP contribution in [0.1, 0.15) is 41.1 Å². The molecule has 3 aromatic carbocycles. The number of nitrogens with one attached hydrogen (secondary N) is 1. The van der Waals surface area contributed by atoms with Crippen LogP contribution < -0.4 is 14.8 Å². The number of amides is 1. The molecule has 1 aromatic heterocycles. The Hall–Kier alpha value is -3.94. The predicted molar refractivity (Wildman–Crippen MR) is 126 cm³/mol. The summed E-state index contributed by atoms with van der Waals surface area (Å²) < 4.78 is 39.6. The minimum atomic E-state index is -2.73. The van der Waals surface area contributed by atoms with Gasteiger partial charge in [0.15, 0.2) is 11.5 Å². The first-order valence-electron chi connectivity index (χ1n) is 10.9. The van der Waals surface area contributed by atoms with Gasteiger partial charge in [-0.15, -0.1) is 0 Å². The highest BCUT2D eigenvalue weighted by Gasteiger charge is 2.22. The molecule has 0 unspecified atom stereocenters. The second-order valence-corrected chi connectivity index (χ2v) is 7.86. The van der Waals surface area contributed by atoms with Gasteiger partial charge >= 0.3 is 6.55 Å². The van der Waals surface area contributed by atoms with E-state index >= 15 is 0 Å². The number of carbonyl (C=O) groups is 1. The SMILES string of the molecule is COc1cc(C(=O)NC[C@@H](C)c2nc3ccccc3n2C(F)F)ccc1OCc1ccccc1. The van der Waals surface area contributed by atoms with Gasteiger partial charge in [0, 0.05) is 18.0 Å². The number of alkyl halides is 2. The summed E-state index contributed by atoms with van der Waals surface area (Å²) in [6.45, 7) is -0.468. The van der Waals surface area contributed by atoms with Crippen LogP contribution in [0.25, 0.3) is 11.0 Å². The van der Waals surface area contributed by atoms with Crippen LogP contribution in [0.5, 0.6) is 11.5 Å². The molecule has 176 valence electrons. The zero-order valence-corrected chi connectivity index (χ0v) is 18.9. The molecule has 6 nitrogen and oxygen atoms in total. The van der Waals surface area contributed by atoms with Gasteiger partial charge in [-0.2, -0.15) is 8.78 Å². The van der Waals surface area contributed by atoms with Crippen molar-refractivity contribution in [3.05, 3.63) is 89.7 Å². The Labute approximate surface area is 196 Å². The van der Waals surface area contributed by atoms with E-state index in [4.69, 9.17) is 9.47 Å². The molecule has 0 spiro atoms. The number of hydrogen-bond acceptors (Lipinski definition) is 4. The molecule has 4 rings (SSSR count). The molecule has 1 heterocycles. The van der Waals surface area contributed by atoms with Crippen molar-refractivity contribution in [2.75, 3.05) is 13.7 Å². The first-order valence-corrected chi connectivity index (χ1v) is 10.9. The van der Waals surface area contributed by atoms with Crippen molar-refractivity contribution in [3.8, 4) is 11.5 Å². The number of rotatable bonds is 9. The van der Waals surface area contributed by atoms with Crippen molar-refractivity contribution >= 4 is 16.9 Å². The minimum Gasteiger partial charge on any atom is -0.493 e. The van der Waals surface area contributed by atoms with E-state index in [1.54, 1.807) is 49.4 Å². The van der Waals surface area contributed by atoms with Gasteiger partial charge in [-0.05, 0) is 35.9 Å². The molecule has 8 heteroatoms. The van der Waals surface area contributed by atoms with Gasteiger partial charge in [0.05, 0.1) is 18.1 Å². The minimum absolute atomic E-state index is 0.142. The Morgan fingerprint density at radius 2 is 1.76 bits per heavy atom. The van der Waals surface area contributed by atoms with Crippen LogP contribution in [0, 0.1) is 0 Å². The fourth-order valence-corrected chi connectivity index (χ4v) is 3.72. The van der Waals surface area contributed by atoms with E-state index in [9.17, 15) is 13.6 Å². The molecule has 0 radical (unpaired) electrons. The smallest absolute Gasteiger partial charge is 0.320 e. The van der Waals surface area contributed by atoms with Gasteiger partial charge in [0.2, 0.25) is 0 Å². The second-order valence-electron chi connectivity index (χ2n) is 7.86. The topological polar surface area (TPSA) is 65.4 Å². The third kappa shape index (κ3) is 5.01. The van der Waals surface area contributed by atoms with E-state index in [0.717, 1.165) is 10.1 Å². The molecule has 0 saturated carbocycles. The Bertz CT molecular complexity index is 1280. The first kappa shape index (κ1) is 23.2. The predicted octanol–water partition coefficient (Wildman–Crippen LogP) is 5.55. The van der Waals surface area contributed by atoms with Crippen molar-refractivity contribution < 1.29 is 23.0 Å². The normalized spacial score (nSPS) is 12.0. The number of methoxy groups -OCH3 is 1. The molecule has 4 aromatic rings. The maximum absolute atomic E-state index is 13.7. The molecular formula is C26H25F2N3O3. The van der Waals surface area contributed by atoms with Crippen molar-refractivity contribution in [3.63, 3.8) is 0 Å². The maximum Gasteiger partial charge on any atom is 0.320 e. The Kier molecular flexibility index (Phi) is 7.06. The highest BCUT2D eigenvalue weighted by molar-refractivity contribution is 5.95. The van der Waals surface area contributed by atoms with Gasteiger partial charge < -0.3 is 14.8 Å². The van der Waals surface area contributed by atoms with Crippen molar-refractivity contribution in [1.29, 1.82) is 0 Å². The lowest BCUT2D eigenvalue weighted by atomic mass is 10.1. The van der Waals surface area contributed by atoms with Crippen LogP contribution in [-0.2, 0) is 6.61 Å². The summed E-state index contributed by atoms with van der Waals surface area (Å²) >= 11 is 0. The van der Waals surface area contributed by atoms with Crippen molar-refractivity contribution in [2.24, 2.45) is 0 Å². The quantitative estimate of drug-likeness (QED) is 0.352. The zero-order chi connectivity index (χ0) is 24.1. The standard InChI is InChI=1S/C26H25F2N3O3/c1-17(24-30-20-10-6-7-11-21(20)31(24)26(27)28)15-29-25(32)19-12-13-22(23(14-19)33-2)34-16-18-8-4-3-5-9-18/h3-14,17,26H,15-16H2,1-2H3,(H,29,32)/t17-/m1/s1. The number of carbonyl (C=O) groups excluding carboxylic acids is 1. The van der Waals surface area contributed by atoms with Gasteiger partial charge in [-0.3, -0.25) is 9.36 Å². The average Bonchev–Trinajstić information content (AvgIpc) is 3.26. The summed E-state index contributed by atoms with van der Waals surface area (Å²) in [6, 6.07) is 21.4. The Morgan fingerprint density at radius 1 is 1.03 bits per heavy atom. The van der Waals surface area contributed by atoms with E-state index in [2.05, 4.69) is 10.3 Å². The fourth-order valence-electron chi connectivity index (χ4n) is 3.72. The number of nitrogens with zero attached hydrogens (tertiary/aromatic N) is 2. The lowest BCUT2D eigenvalue weighted by molar-refractivity contribution is 0.0704. The molecule has 0 fully saturated rings. The summed E-state index contributed by atoms with van der Waals surface area (Å²) in [7, 11) is 1.50. The second kappa shape index (κ2) is 10.3. The molecule has 0 bridgehead atoms. The van der Waals surface area contributed by atoms with E-state index in [1.807, 2.05) is 30.3 Å². The summed E-state index contributed by atoms with van der Waals surface area (Å²) in [5.74, 6) is 0.386. The molecule has 0 saturated heterocycles. The highest BCUT2D eigenvalue weighted by Crippen LogP contribution is 2.30. The maximum atomic E-state index is 13.7. The number of benzene rings is 3. The van der Waals surface area contributed by atoms with Crippen molar-refractivity contribution in [2.45, 2.75) is 26.0 Å². The summed E-state index contributed by atoms with van der Waals surface area (Å²) in [4.78, 5) is 17.1. The number of para-hydroxylation sites is 2. The molecule has 0 aliphatic carbocycles. The average molecular weight is 466 g/mol. The van der Waals surface area contributed by atoms with Crippen LogP contribution in [0.4, 0.5) is 8.78 Å². The summed E-state index contributed by atoms with van der Waals surface area (Å²) in [6.07, 6.45) is 0. The fraction of sp³-hybridized carbons (Fsp3) is 0.231. The third-order valence-corrected chi connectivity index (χ3v) is 5.49. The molecule has 1 amide bonds. The van der Waals surface area contributed by atoms with Gasteiger partial charge in [-0.25, -0.2) is 4.98 Å². The summed E-state index contributed by atoms with van der Waals surface area (Å²) in [5.41, 5.74) is 2.24. The number of halogens is 2. The molecule has 1 atom stereocenters. The molecule has 1 N–H and O–H groups in total. The monoisotopic (exact) mass is 465 g/mol. The van der Waals surface area contributed by atoms with Gasteiger partial charge in [0.1, 0.15) is 12.4 Å². The van der Waals surface area contributed by atoms with Crippen LogP contribution >= 0.6 is 0 Å². The highest BCUT2D eigenvalue weighted by atomic mass is 19.3. The van der Waals surface area contributed by atoms with Gasteiger partial charge in [0.25, 0.3) is 5.91 Å². The lowest BCUT2D eigenvalue weighted by Gasteiger charge is -2.16.